The molecule has 0 unspecified atom stereocenters. The summed E-state index contributed by atoms with van der Waals surface area (Å²) in [6.07, 6.45) is 0. The van der Waals surface area contributed by atoms with Crippen molar-refractivity contribution in [2.45, 2.75) is 53.1 Å². The first kappa shape index (κ1) is 13.3. The lowest BCUT2D eigenvalue weighted by Crippen LogP contribution is -2.38. The monoisotopic (exact) mass is 255 g/mol. The molecule has 0 bridgehead atoms. The normalized spacial score (nSPS) is 13.3. The summed E-state index contributed by atoms with van der Waals surface area (Å²) in [5.41, 5.74) is 3.24. The fourth-order valence-electron chi connectivity index (χ4n) is 2.10. The van der Waals surface area contributed by atoms with Crippen molar-refractivity contribution in [3.05, 3.63) is 11.1 Å². The van der Waals surface area contributed by atoms with Crippen LogP contribution in [0.1, 0.15) is 11.1 Å². The van der Waals surface area contributed by atoms with Crippen LogP contribution in [0.25, 0.3) is 0 Å². The van der Waals surface area contributed by atoms with Crippen LogP contribution in [-0.2, 0) is 0 Å². The van der Waals surface area contributed by atoms with Crippen molar-refractivity contribution in [3.63, 3.8) is 0 Å². The first-order valence-electron chi connectivity index (χ1n) is 5.70. The molecule has 86 valence electrons. The first-order valence-corrected chi connectivity index (χ1v) is 13.6. The van der Waals surface area contributed by atoms with Gasteiger partial charge in [-0.3, -0.25) is 0 Å². The molecule has 0 N–H and O–H groups in total. The first-order chi connectivity index (χ1) is 6.55. The van der Waals surface area contributed by atoms with Gasteiger partial charge >= 0.3 is 0 Å². The molecule has 0 nitrogen and oxygen atoms in total. The molecular formula is C12H24PSi2-. The Kier molecular flexibility index (Phi) is 3.46. The lowest BCUT2D eigenvalue weighted by molar-refractivity contribution is 1.42. The summed E-state index contributed by atoms with van der Waals surface area (Å²) >= 11 is 0. The molecule has 0 saturated carbocycles. The van der Waals surface area contributed by atoms with Gasteiger partial charge in [0, 0.05) is 16.1 Å². The van der Waals surface area contributed by atoms with Crippen molar-refractivity contribution in [1.29, 1.82) is 0 Å². The Morgan fingerprint density at radius 3 is 1.07 bits per heavy atom. The van der Waals surface area contributed by atoms with E-state index in [1.807, 2.05) is 0 Å². The third-order valence-electron chi connectivity index (χ3n) is 2.92. The van der Waals surface area contributed by atoms with Crippen molar-refractivity contribution in [3.8, 4) is 0 Å². The second-order valence-electron chi connectivity index (χ2n) is 6.56. The Morgan fingerprint density at radius 2 is 0.933 bits per heavy atom. The summed E-state index contributed by atoms with van der Waals surface area (Å²) in [5.74, 6) is 0. The minimum absolute atomic E-state index is 1.10. The Labute approximate surface area is 98.6 Å². The lowest BCUT2D eigenvalue weighted by Gasteiger charge is -2.28. The predicted molar refractivity (Wildman–Crippen MR) is 80.0 cm³/mol. The van der Waals surface area contributed by atoms with Crippen molar-refractivity contribution in [1.82, 2.24) is 0 Å². The molecule has 0 saturated heterocycles. The SMILES string of the molecule is Cc1c([Si](C)(C)C)[p-]c([Si](C)(C)C)c1C. The summed E-state index contributed by atoms with van der Waals surface area (Å²) in [5, 5.41) is 0. The smallest absolute Gasteiger partial charge is 0.0443 e. The van der Waals surface area contributed by atoms with Gasteiger partial charge in [0.05, 0.1) is 0 Å². The zero-order chi connectivity index (χ0) is 12.0. The Balaban J connectivity index is 3.38. The molecule has 0 spiro atoms. The summed E-state index contributed by atoms with van der Waals surface area (Å²) in [7, 11) is -0.623. The van der Waals surface area contributed by atoms with E-state index < -0.39 is 16.1 Å². The van der Waals surface area contributed by atoms with Crippen molar-refractivity contribution in [2.75, 3.05) is 0 Å². The van der Waals surface area contributed by atoms with Gasteiger partial charge in [-0.1, -0.05) is 50.4 Å². The molecule has 15 heavy (non-hydrogen) atoms. The summed E-state index contributed by atoms with van der Waals surface area (Å²) in [6, 6.07) is 0. The van der Waals surface area contributed by atoms with Gasteiger partial charge in [-0.25, -0.2) is 9.84 Å². The highest BCUT2D eigenvalue weighted by atomic mass is 31.0. The van der Waals surface area contributed by atoms with Crippen LogP contribution in [0.2, 0.25) is 39.3 Å². The van der Waals surface area contributed by atoms with E-state index in [0.717, 1.165) is 0 Å². The largest absolute Gasteiger partial charge is 0.532 e. The quantitative estimate of drug-likeness (QED) is 0.707. The maximum atomic E-state index is 2.47. The summed E-state index contributed by atoms with van der Waals surface area (Å²) < 4.78 is 0. The zero-order valence-electron chi connectivity index (χ0n) is 11.4. The van der Waals surface area contributed by atoms with Gasteiger partial charge in [0.15, 0.2) is 0 Å². The van der Waals surface area contributed by atoms with Crippen LogP contribution in [0.5, 0.6) is 0 Å². The van der Waals surface area contributed by atoms with E-state index in [1.165, 1.54) is 0 Å². The van der Waals surface area contributed by atoms with Gasteiger partial charge in [0.2, 0.25) is 0 Å². The van der Waals surface area contributed by atoms with Crippen LogP contribution >= 0.6 is 8.19 Å². The molecule has 0 fully saturated rings. The van der Waals surface area contributed by atoms with Crippen LogP contribution in [0, 0.1) is 13.8 Å². The maximum absolute atomic E-state index is 2.47. The van der Waals surface area contributed by atoms with Crippen LogP contribution in [0.4, 0.5) is 0 Å². The average molecular weight is 255 g/mol. The predicted octanol–water partition coefficient (Wildman–Crippen LogP) is 3.69. The Morgan fingerprint density at radius 1 is 0.667 bits per heavy atom. The third-order valence-corrected chi connectivity index (χ3v) is 12.3. The highest BCUT2D eigenvalue weighted by molar-refractivity contribution is 7.50. The number of rotatable bonds is 2. The van der Waals surface area contributed by atoms with Gasteiger partial charge in [-0.15, -0.1) is 0 Å². The van der Waals surface area contributed by atoms with Gasteiger partial charge < -0.3 is 8.19 Å². The molecule has 0 aliphatic heterocycles. The van der Waals surface area contributed by atoms with E-state index in [-0.39, 0.29) is 0 Å². The second kappa shape index (κ2) is 3.90. The van der Waals surface area contributed by atoms with Crippen LogP contribution in [-0.4, -0.2) is 16.1 Å². The Hall–Kier alpha value is 0.214. The molecule has 1 aromatic heterocycles. The fourth-order valence-corrected chi connectivity index (χ4v) is 9.30. The fraction of sp³-hybridized carbons (Fsp3) is 0.667. The van der Waals surface area contributed by atoms with E-state index in [1.54, 1.807) is 29.2 Å². The lowest BCUT2D eigenvalue weighted by atomic mass is 10.2. The van der Waals surface area contributed by atoms with Gasteiger partial charge in [-0.05, 0) is 13.8 Å². The van der Waals surface area contributed by atoms with E-state index in [9.17, 15) is 0 Å². The van der Waals surface area contributed by atoms with Gasteiger partial charge in [0.25, 0.3) is 0 Å². The maximum Gasteiger partial charge on any atom is 0.0443 e. The highest BCUT2D eigenvalue weighted by Crippen LogP contribution is 2.22. The standard InChI is InChI=1S/C12H24PSi2/c1-9-10(2)12(15(6,7)8)13-11(9)14(3,4)5/h1-8H3/q-1. The summed E-state index contributed by atoms with van der Waals surface area (Å²) in [6.45, 7) is 19.5. The van der Waals surface area contributed by atoms with E-state index >= 15 is 0 Å². The molecule has 0 radical (unpaired) electrons. The second-order valence-corrected chi connectivity index (χ2v) is 18.5. The Bertz CT molecular complexity index is 330. The highest BCUT2D eigenvalue weighted by Gasteiger charge is 2.19. The van der Waals surface area contributed by atoms with Crippen molar-refractivity contribution < 1.29 is 0 Å². The average Bonchev–Trinajstić information content (AvgIpc) is 2.26. The minimum atomic E-state index is -1.10. The minimum Gasteiger partial charge on any atom is -0.532 e. The molecule has 1 rings (SSSR count). The van der Waals surface area contributed by atoms with Crippen LogP contribution in [0.15, 0.2) is 0 Å². The molecular weight excluding hydrogens is 231 g/mol. The van der Waals surface area contributed by atoms with Crippen LogP contribution < -0.4 is 9.84 Å². The van der Waals surface area contributed by atoms with Gasteiger partial charge in [0.1, 0.15) is 0 Å². The van der Waals surface area contributed by atoms with E-state index in [4.69, 9.17) is 0 Å². The molecule has 3 heteroatoms. The molecule has 1 aromatic rings. The number of hydrogen-bond donors (Lipinski definition) is 0. The van der Waals surface area contributed by atoms with Crippen molar-refractivity contribution in [2.24, 2.45) is 0 Å². The molecule has 0 aliphatic carbocycles. The third kappa shape index (κ3) is 2.66. The molecule has 1 heterocycles. The van der Waals surface area contributed by atoms with E-state index in [2.05, 4.69) is 53.1 Å². The van der Waals surface area contributed by atoms with Gasteiger partial charge in [-0.2, -0.15) is 0 Å². The zero-order valence-corrected chi connectivity index (χ0v) is 14.3. The summed E-state index contributed by atoms with van der Waals surface area (Å²) in [4.78, 5) is 3.55. The van der Waals surface area contributed by atoms with Crippen molar-refractivity contribution >= 4 is 34.2 Å². The van der Waals surface area contributed by atoms with Crippen LogP contribution in [0.3, 0.4) is 0 Å². The molecule has 0 aromatic carbocycles. The van der Waals surface area contributed by atoms with E-state index in [0.29, 0.717) is 0 Å². The molecule has 0 atom stereocenters. The molecule has 0 aliphatic rings. The topological polar surface area (TPSA) is 0 Å². The molecule has 0 amide bonds. The number of hydrogen-bond acceptors (Lipinski definition) is 0.